The molecule has 1 aliphatic rings. The largest absolute Gasteiger partial charge is 0.506 e. The highest BCUT2D eigenvalue weighted by molar-refractivity contribution is 6.43. The zero-order chi connectivity index (χ0) is 17.8. The number of carbonyl (C=O) groups excluding carboxylic acids is 1. The Hall–Kier alpha value is -1.75. The van der Waals surface area contributed by atoms with Gasteiger partial charge in [0.2, 0.25) is 5.91 Å². The van der Waals surface area contributed by atoms with Gasteiger partial charge in [0.1, 0.15) is 10.8 Å². The fourth-order valence-electron chi connectivity index (χ4n) is 3.03. The molecule has 1 fully saturated rings. The molecule has 6 heteroatoms. The second-order valence-electron chi connectivity index (χ2n) is 5.96. The van der Waals surface area contributed by atoms with E-state index in [-0.39, 0.29) is 34.0 Å². The number of hydrogen-bond donors (Lipinski definition) is 1. The number of halogens is 2. The van der Waals surface area contributed by atoms with Gasteiger partial charge in [0.25, 0.3) is 0 Å². The van der Waals surface area contributed by atoms with Crippen molar-refractivity contribution in [1.82, 2.24) is 4.90 Å². The van der Waals surface area contributed by atoms with Crippen molar-refractivity contribution in [3.05, 3.63) is 63.6 Å². The second kappa shape index (κ2) is 8.09. The van der Waals surface area contributed by atoms with Crippen molar-refractivity contribution in [3.63, 3.8) is 0 Å². The molecule has 1 atom stereocenters. The summed E-state index contributed by atoms with van der Waals surface area (Å²) in [6, 6.07) is 13.0. The Morgan fingerprint density at radius 1 is 1.08 bits per heavy atom. The van der Waals surface area contributed by atoms with Crippen molar-refractivity contribution in [1.29, 1.82) is 0 Å². The first-order chi connectivity index (χ1) is 12.1. The molecular formula is C19H19Cl2NO3. The van der Waals surface area contributed by atoms with Crippen LogP contribution in [0.15, 0.2) is 42.5 Å². The lowest BCUT2D eigenvalue weighted by atomic mass is 9.88. The third-order valence-corrected chi connectivity index (χ3v) is 5.30. The van der Waals surface area contributed by atoms with Crippen LogP contribution in [0, 0.1) is 0 Å². The van der Waals surface area contributed by atoms with E-state index in [4.69, 9.17) is 27.9 Å². The Balaban J connectivity index is 1.93. The zero-order valence-corrected chi connectivity index (χ0v) is 15.1. The SMILES string of the molecule is O=C(CC(c1ccccc1)c1ccc(O)c(Cl)c1Cl)N1CCOCC1. The standard InChI is InChI=1S/C19H19Cl2NO3/c20-18-14(6-7-16(23)19(18)21)15(13-4-2-1-3-5-13)12-17(24)22-8-10-25-11-9-22/h1-7,15,23H,8-12H2. The van der Waals surface area contributed by atoms with Gasteiger partial charge in [0.15, 0.2) is 0 Å². The van der Waals surface area contributed by atoms with E-state index in [1.54, 1.807) is 6.07 Å². The van der Waals surface area contributed by atoms with Crippen molar-refractivity contribution in [2.45, 2.75) is 12.3 Å². The number of nitrogens with zero attached hydrogens (tertiary/aromatic N) is 1. The predicted molar refractivity (Wildman–Crippen MR) is 98.4 cm³/mol. The third kappa shape index (κ3) is 4.09. The molecule has 2 aromatic carbocycles. The van der Waals surface area contributed by atoms with Gasteiger partial charge >= 0.3 is 0 Å². The van der Waals surface area contributed by atoms with Crippen molar-refractivity contribution in [3.8, 4) is 5.75 Å². The van der Waals surface area contributed by atoms with E-state index in [2.05, 4.69) is 0 Å². The van der Waals surface area contributed by atoms with Gasteiger partial charge in [-0.25, -0.2) is 0 Å². The zero-order valence-electron chi connectivity index (χ0n) is 13.6. The van der Waals surface area contributed by atoms with E-state index < -0.39 is 0 Å². The number of ether oxygens (including phenoxy) is 1. The summed E-state index contributed by atoms with van der Waals surface area (Å²) in [4.78, 5) is 14.6. The van der Waals surface area contributed by atoms with Crippen LogP contribution >= 0.6 is 23.2 Å². The van der Waals surface area contributed by atoms with Crippen LogP contribution in [-0.4, -0.2) is 42.2 Å². The summed E-state index contributed by atoms with van der Waals surface area (Å²) in [6.45, 7) is 2.33. The third-order valence-electron chi connectivity index (χ3n) is 4.41. The number of benzene rings is 2. The van der Waals surface area contributed by atoms with Crippen LogP contribution < -0.4 is 0 Å². The van der Waals surface area contributed by atoms with Crippen molar-refractivity contribution in [2.75, 3.05) is 26.3 Å². The van der Waals surface area contributed by atoms with E-state index in [9.17, 15) is 9.90 Å². The van der Waals surface area contributed by atoms with E-state index in [1.807, 2.05) is 35.2 Å². The number of aromatic hydroxyl groups is 1. The summed E-state index contributed by atoms with van der Waals surface area (Å²) >= 11 is 12.5. The van der Waals surface area contributed by atoms with Gasteiger partial charge < -0.3 is 14.7 Å². The topological polar surface area (TPSA) is 49.8 Å². The van der Waals surface area contributed by atoms with E-state index in [1.165, 1.54) is 6.07 Å². The molecule has 1 heterocycles. The van der Waals surface area contributed by atoms with Gasteiger partial charge in [-0.2, -0.15) is 0 Å². The maximum atomic E-state index is 12.8. The van der Waals surface area contributed by atoms with E-state index >= 15 is 0 Å². The van der Waals surface area contributed by atoms with Crippen LogP contribution in [0.4, 0.5) is 0 Å². The number of amides is 1. The predicted octanol–water partition coefficient (Wildman–Crippen LogP) is 4.08. The molecule has 0 bridgehead atoms. The quantitative estimate of drug-likeness (QED) is 0.870. The van der Waals surface area contributed by atoms with Gasteiger partial charge in [0.05, 0.1) is 18.2 Å². The van der Waals surface area contributed by atoms with Crippen LogP contribution in [0.25, 0.3) is 0 Å². The highest BCUT2D eigenvalue weighted by Crippen LogP contribution is 2.40. The smallest absolute Gasteiger partial charge is 0.223 e. The van der Waals surface area contributed by atoms with E-state index in [0.29, 0.717) is 26.3 Å². The first kappa shape index (κ1) is 18.1. The number of rotatable bonds is 4. The maximum Gasteiger partial charge on any atom is 0.223 e. The molecule has 0 saturated carbocycles. The Morgan fingerprint density at radius 3 is 2.44 bits per heavy atom. The molecule has 0 radical (unpaired) electrons. The van der Waals surface area contributed by atoms with Gasteiger partial charge in [-0.05, 0) is 17.2 Å². The van der Waals surface area contributed by atoms with Gasteiger partial charge in [0, 0.05) is 25.4 Å². The maximum absolute atomic E-state index is 12.8. The summed E-state index contributed by atoms with van der Waals surface area (Å²) in [7, 11) is 0. The number of hydrogen-bond acceptors (Lipinski definition) is 3. The van der Waals surface area contributed by atoms with Crippen LogP contribution in [-0.2, 0) is 9.53 Å². The highest BCUT2D eigenvalue weighted by atomic mass is 35.5. The normalized spacial score (nSPS) is 15.8. The van der Waals surface area contributed by atoms with Crippen molar-refractivity contribution in [2.24, 2.45) is 0 Å². The molecule has 1 amide bonds. The van der Waals surface area contributed by atoms with Gasteiger partial charge in [-0.15, -0.1) is 0 Å². The molecular weight excluding hydrogens is 361 g/mol. The minimum atomic E-state index is -0.234. The summed E-state index contributed by atoms with van der Waals surface area (Å²) in [6.07, 6.45) is 0.283. The molecule has 1 unspecified atom stereocenters. The van der Waals surface area contributed by atoms with Crippen LogP contribution in [0.3, 0.4) is 0 Å². The fourth-order valence-corrected chi connectivity index (χ4v) is 3.50. The number of carbonyl (C=O) groups is 1. The average Bonchev–Trinajstić information content (AvgIpc) is 2.66. The number of phenols is 1. The molecule has 0 spiro atoms. The Morgan fingerprint density at radius 2 is 1.76 bits per heavy atom. The van der Waals surface area contributed by atoms with Gasteiger partial charge in [-0.3, -0.25) is 4.79 Å². The Bertz CT molecular complexity index is 746. The Kier molecular flexibility index (Phi) is 5.84. The molecule has 4 nitrogen and oxygen atoms in total. The minimum Gasteiger partial charge on any atom is -0.506 e. The summed E-state index contributed by atoms with van der Waals surface area (Å²) in [5.41, 5.74) is 1.71. The average molecular weight is 380 g/mol. The van der Waals surface area contributed by atoms with Crippen molar-refractivity contribution < 1.29 is 14.6 Å². The minimum absolute atomic E-state index is 0.0532. The molecule has 132 valence electrons. The molecule has 0 aliphatic carbocycles. The first-order valence-corrected chi connectivity index (χ1v) is 8.91. The lowest BCUT2D eigenvalue weighted by molar-refractivity contribution is -0.135. The van der Waals surface area contributed by atoms with Crippen LogP contribution in [0.1, 0.15) is 23.5 Å². The number of phenolic OH excluding ortho intramolecular Hbond substituents is 1. The molecule has 0 aromatic heterocycles. The van der Waals surface area contributed by atoms with Crippen LogP contribution in [0.2, 0.25) is 10.0 Å². The lowest BCUT2D eigenvalue weighted by Crippen LogP contribution is -2.41. The molecule has 2 aromatic rings. The van der Waals surface area contributed by atoms with Gasteiger partial charge in [-0.1, -0.05) is 59.6 Å². The Labute approximate surface area is 156 Å². The highest BCUT2D eigenvalue weighted by Gasteiger charge is 2.26. The van der Waals surface area contributed by atoms with Crippen LogP contribution in [0.5, 0.6) is 5.75 Å². The first-order valence-electron chi connectivity index (χ1n) is 8.15. The molecule has 1 N–H and O–H groups in total. The molecule has 1 saturated heterocycles. The van der Waals surface area contributed by atoms with Crippen molar-refractivity contribution >= 4 is 29.1 Å². The van der Waals surface area contributed by atoms with E-state index in [0.717, 1.165) is 11.1 Å². The number of morpholine rings is 1. The molecule has 1 aliphatic heterocycles. The second-order valence-corrected chi connectivity index (χ2v) is 6.72. The summed E-state index contributed by atoms with van der Waals surface area (Å²) in [5, 5.41) is 10.1. The summed E-state index contributed by atoms with van der Waals surface area (Å²) < 4.78 is 5.31. The lowest BCUT2D eigenvalue weighted by Gasteiger charge is -2.29. The monoisotopic (exact) mass is 379 g/mol. The summed E-state index contributed by atoms with van der Waals surface area (Å²) in [5.74, 6) is -0.249. The fraction of sp³-hybridized carbons (Fsp3) is 0.316. The molecule has 3 rings (SSSR count). The molecule has 25 heavy (non-hydrogen) atoms.